The Morgan fingerprint density at radius 2 is 2.10 bits per heavy atom. The zero-order chi connectivity index (χ0) is 15.3. The second-order valence-corrected chi connectivity index (χ2v) is 6.45. The molecule has 0 aliphatic heterocycles. The van der Waals surface area contributed by atoms with E-state index in [0.717, 1.165) is 17.7 Å². The Bertz CT molecular complexity index is 668. The Hall–Kier alpha value is -1.70. The van der Waals surface area contributed by atoms with Crippen molar-refractivity contribution in [1.29, 1.82) is 0 Å². The SMILES string of the molecule is CCNCc1ccccc1S(=O)(=O)NC(C)c1cn[nH]c1. The Labute approximate surface area is 125 Å². The van der Waals surface area contributed by atoms with Crippen molar-refractivity contribution in [3.63, 3.8) is 0 Å². The van der Waals surface area contributed by atoms with Gasteiger partial charge in [-0.2, -0.15) is 5.10 Å². The lowest BCUT2D eigenvalue weighted by Gasteiger charge is -2.15. The van der Waals surface area contributed by atoms with E-state index < -0.39 is 10.0 Å². The minimum atomic E-state index is -3.58. The maximum atomic E-state index is 12.6. The van der Waals surface area contributed by atoms with Crippen LogP contribution in [0.4, 0.5) is 0 Å². The number of benzene rings is 1. The highest BCUT2D eigenvalue weighted by molar-refractivity contribution is 7.89. The van der Waals surface area contributed by atoms with Gasteiger partial charge in [0.1, 0.15) is 0 Å². The molecule has 1 atom stereocenters. The lowest BCUT2D eigenvalue weighted by atomic mass is 10.2. The quantitative estimate of drug-likeness (QED) is 0.724. The fraction of sp³-hybridized carbons (Fsp3) is 0.357. The maximum absolute atomic E-state index is 12.6. The van der Waals surface area contributed by atoms with Gasteiger partial charge in [0.2, 0.25) is 10.0 Å². The van der Waals surface area contributed by atoms with Crippen LogP contribution in [0.25, 0.3) is 0 Å². The summed E-state index contributed by atoms with van der Waals surface area (Å²) in [7, 11) is -3.58. The summed E-state index contributed by atoms with van der Waals surface area (Å²) in [5.74, 6) is 0. The number of aromatic amines is 1. The summed E-state index contributed by atoms with van der Waals surface area (Å²) < 4.78 is 27.8. The van der Waals surface area contributed by atoms with Gasteiger partial charge in [0.15, 0.2) is 0 Å². The topological polar surface area (TPSA) is 86.9 Å². The van der Waals surface area contributed by atoms with Crippen LogP contribution in [-0.2, 0) is 16.6 Å². The van der Waals surface area contributed by atoms with Gasteiger partial charge < -0.3 is 5.32 Å². The normalized spacial score (nSPS) is 13.2. The van der Waals surface area contributed by atoms with Crippen LogP contribution in [-0.4, -0.2) is 25.2 Å². The Kier molecular flexibility index (Phi) is 5.11. The van der Waals surface area contributed by atoms with E-state index in [1.54, 1.807) is 31.5 Å². The Morgan fingerprint density at radius 3 is 2.76 bits per heavy atom. The van der Waals surface area contributed by atoms with E-state index >= 15 is 0 Å². The van der Waals surface area contributed by atoms with Gasteiger partial charge in [-0.25, -0.2) is 13.1 Å². The highest BCUT2D eigenvalue weighted by Crippen LogP contribution is 2.19. The van der Waals surface area contributed by atoms with E-state index in [1.165, 1.54) is 0 Å². The third-order valence-electron chi connectivity index (χ3n) is 3.18. The molecule has 0 spiro atoms. The highest BCUT2D eigenvalue weighted by Gasteiger charge is 2.21. The number of nitrogens with zero attached hydrogens (tertiary/aromatic N) is 1. The lowest BCUT2D eigenvalue weighted by molar-refractivity contribution is 0.564. The number of sulfonamides is 1. The van der Waals surface area contributed by atoms with Crippen molar-refractivity contribution < 1.29 is 8.42 Å². The van der Waals surface area contributed by atoms with Crippen molar-refractivity contribution >= 4 is 10.0 Å². The molecule has 7 heteroatoms. The standard InChI is InChI=1S/C14H20N4O2S/c1-3-15-8-12-6-4-5-7-14(12)21(19,20)18-11(2)13-9-16-17-10-13/h4-7,9-11,15,18H,3,8H2,1-2H3,(H,16,17). The molecule has 0 saturated carbocycles. The molecule has 1 aromatic carbocycles. The van der Waals surface area contributed by atoms with Crippen molar-refractivity contribution in [3.05, 3.63) is 47.8 Å². The van der Waals surface area contributed by atoms with Crippen LogP contribution < -0.4 is 10.0 Å². The van der Waals surface area contributed by atoms with Gasteiger partial charge in [0.25, 0.3) is 0 Å². The predicted molar refractivity (Wildman–Crippen MR) is 81.1 cm³/mol. The number of hydrogen-bond acceptors (Lipinski definition) is 4. The molecule has 3 N–H and O–H groups in total. The molecule has 21 heavy (non-hydrogen) atoms. The number of aromatic nitrogens is 2. The Morgan fingerprint density at radius 1 is 1.33 bits per heavy atom. The van der Waals surface area contributed by atoms with Crippen LogP contribution in [0, 0.1) is 0 Å². The third kappa shape index (κ3) is 3.90. The van der Waals surface area contributed by atoms with E-state index in [9.17, 15) is 8.42 Å². The largest absolute Gasteiger partial charge is 0.313 e. The summed E-state index contributed by atoms with van der Waals surface area (Å²) in [5, 5.41) is 9.67. The molecule has 0 amide bonds. The first-order chi connectivity index (χ1) is 10.0. The fourth-order valence-electron chi connectivity index (χ4n) is 2.03. The average Bonchev–Trinajstić information content (AvgIpc) is 2.99. The molecular formula is C14H20N4O2S. The van der Waals surface area contributed by atoms with Gasteiger partial charge >= 0.3 is 0 Å². The van der Waals surface area contributed by atoms with Gasteiger partial charge in [-0.1, -0.05) is 25.1 Å². The summed E-state index contributed by atoms with van der Waals surface area (Å²) in [6.45, 7) is 5.08. The smallest absolute Gasteiger partial charge is 0.241 e. The molecule has 1 unspecified atom stereocenters. The van der Waals surface area contributed by atoms with E-state index in [4.69, 9.17) is 0 Å². The fourth-order valence-corrected chi connectivity index (χ4v) is 3.51. The first kappa shape index (κ1) is 15.7. The number of nitrogens with one attached hydrogen (secondary N) is 3. The van der Waals surface area contributed by atoms with Crippen molar-refractivity contribution in [1.82, 2.24) is 20.2 Å². The molecular weight excluding hydrogens is 288 g/mol. The second-order valence-electron chi connectivity index (χ2n) is 4.76. The van der Waals surface area contributed by atoms with Crippen LogP contribution in [0.3, 0.4) is 0 Å². The van der Waals surface area contributed by atoms with E-state index in [-0.39, 0.29) is 6.04 Å². The summed E-state index contributed by atoms with van der Waals surface area (Å²) in [6, 6.07) is 6.66. The van der Waals surface area contributed by atoms with Gasteiger partial charge in [-0.15, -0.1) is 0 Å². The summed E-state index contributed by atoms with van der Waals surface area (Å²) in [4.78, 5) is 0.307. The molecule has 0 radical (unpaired) electrons. The van der Waals surface area contributed by atoms with Crippen LogP contribution in [0.2, 0.25) is 0 Å². The summed E-state index contributed by atoms with van der Waals surface area (Å²) >= 11 is 0. The third-order valence-corrected chi connectivity index (χ3v) is 4.82. The molecule has 0 aliphatic carbocycles. The van der Waals surface area contributed by atoms with E-state index in [1.807, 2.05) is 19.1 Å². The number of H-pyrrole nitrogens is 1. The lowest BCUT2D eigenvalue weighted by Crippen LogP contribution is -2.28. The molecule has 1 aromatic heterocycles. The van der Waals surface area contributed by atoms with Crippen molar-refractivity contribution in [2.24, 2.45) is 0 Å². The zero-order valence-corrected chi connectivity index (χ0v) is 12.9. The van der Waals surface area contributed by atoms with Crippen molar-refractivity contribution in [2.45, 2.75) is 31.3 Å². The predicted octanol–water partition coefficient (Wildman–Crippen LogP) is 1.56. The minimum Gasteiger partial charge on any atom is -0.313 e. The number of hydrogen-bond donors (Lipinski definition) is 3. The monoisotopic (exact) mass is 308 g/mol. The van der Waals surface area contributed by atoms with E-state index in [2.05, 4.69) is 20.2 Å². The van der Waals surface area contributed by atoms with Crippen molar-refractivity contribution in [3.8, 4) is 0 Å². The van der Waals surface area contributed by atoms with Gasteiger partial charge in [-0.05, 0) is 25.1 Å². The van der Waals surface area contributed by atoms with Gasteiger partial charge in [-0.3, -0.25) is 5.10 Å². The van der Waals surface area contributed by atoms with Gasteiger partial charge in [0, 0.05) is 24.3 Å². The highest BCUT2D eigenvalue weighted by atomic mass is 32.2. The second kappa shape index (κ2) is 6.84. The molecule has 0 aliphatic rings. The first-order valence-corrected chi connectivity index (χ1v) is 8.32. The first-order valence-electron chi connectivity index (χ1n) is 6.84. The molecule has 0 bridgehead atoms. The molecule has 0 fully saturated rings. The van der Waals surface area contributed by atoms with Crippen LogP contribution in [0.1, 0.15) is 31.0 Å². The maximum Gasteiger partial charge on any atom is 0.241 e. The number of rotatable bonds is 7. The Balaban J connectivity index is 2.23. The molecule has 114 valence electrons. The summed E-state index contributed by atoms with van der Waals surface area (Å²) in [6.07, 6.45) is 3.29. The minimum absolute atomic E-state index is 0.307. The van der Waals surface area contributed by atoms with E-state index in [0.29, 0.717) is 11.4 Å². The van der Waals surface area contributed by atoms with Crippen LogP contribution in [0.5, 0.6) is 0 Å². The summed E-state index contributed by atoms with van der Waals surface area (Å²) in [5.41, 5.74) is 1.55. The van der Waals surface area contributed by atoms with Crippen LogP contribution in [0.15, 0.2) is 41.6 Å². The molecule has 2 aromatic rings. The molecule has 2 rings (SSSR count). The van der Waals surface area contributed by atoms with Gasteiger partial charge in [0.05, 0.1) is 11.1 Å². The molecule has 6 nitrogen and oxygen atoms in total. The zero-order valence-electron chi connectivity index (χ0n) is 12.1. The average molecular weight is 308 g/mol. The van der Waals surface area contributed by atoms with Crippen molar-refractivity contribution in [2.75, 3.05) is 6.54 Å². The molecule has 1 heterocycles. The molecule has 0 saturated heterocycles. The van der Waals surface area contributed by atoms with Crippen LogP contribution >= 0.6 is 0 Å².